The molecule has 1 aliphatic heterocycles. The number of urea groups is 1. The Kier molecular flexibility index (Phi) is 5.36. The molecule has 1 saturated carbocycles. The number of ether oxygens (including phenoxy) is 1. The van der Waals surface area contributed by atoms with Crippen LogP contribution in [0.4, 0.5) is 4.79 Å². The van der Waals surface area contributed by atoms with Gasteiger partial charge in [0.05, 0.1) is 6.26 Å². The second-order valence-electron chi connectivity index (χ2n) is 9.36. The van der Waals surface area contributed by atoms with E-state index < -0.39 is 24.1 Å². The molecule has 2 aromatic rings. The van der Waals surface area contributed by atoms with Crippen molar-refractivity contribution >= 4 is 17.9 Å². The molecule has 2 aliphatic rings. The van der Waals surface area contributed by atoms with Crippen LogP contribution >= 0.6 is 0 Å². The van der Waals surface area contributed by atoms with Crippen molar-refractivity contribution in [1.29, 1.82) is 0 Å². The molecule has 9 nitrogen and oxygen atoms in total. The molecule has 0 aromatic carbocycles. The van der Waals surface area contributed by atoms with E-state index in [2.05, 4.69) is 31.2 Å². The third-order valence-electron chi connectivity index (χ3n) is 6.30. The van der Waals surface area contributed by atoms with Crippen molar-refractivity contribution in [2.45, 2.75) is 58.6 Å². The SMILES string of the molecule is CC(C)(C)C1CCC2(CC1)NC(=O)N(CC(=O)OCc1cc(-c3ccco3)on1)C2=O. The van der Waals surface area contributed by atoms with Crippen molar-refractivity contribution in [3.63, 3.8) is 0 Å². The molecule has 0 atom stereocenters. The summed E-state index contributed by atoms with van der Waals surface area (Å²) in [6.45, 7) is 6.02. The monoisotopic (exact) mass is 429 g/mol. The number of rotatable bonds is 5. The van der Waals surface area contributed by atoms with E-state index >= 15 is 0 Å². The largest absolute Gasteiger partial charge is 0.461 e. The maximum atomic E-state index is 13.0. The summed E-state index contributed by atoms with van der Waals surface area (Å²) in [6.07, 6.45) is 4.40. The minimum absolute atomic E-state index is 0.134. The first-order valence-electron chi connectivity index (χ1n) is 10.5. The first-order chi connectivity index (χ1) is 14.7. The summed E-state index contributed by atoms with van der Waals surface area (Å²) in [4.78, 5) is 38.7. The van der Waals surface area contributed by atoms with Crippen LogP contribution in [0.15, 0.2) is 33.4 Å². The maximum absolute atomic E-state index is 13.0. The van der Waals surface area contributed by atoms with Crippen LogP contribution in [0.2, 0.25) is 0 Å². The van der Waals surface area contributed by atoms with Gasteiger partial charge in [0.25, 0.3) is 5.91 Å². The van der Waals surface area contributed by atoms with E-state index in [1.54, 1.807) is 18.2 Å². The number of carbonyl (C=O) groups is 3. The number of amides is 3. The van der Waals surface area contributed by atoms with E-state index in [1.165, 1.54) is 6.26 Å². The minimum atomic E-state index is -0.900. The van der Waals surface area contributed by atoms with Gasteiger partial charge in [-0.3, -0.25) is 14.5 Å². The first-order valence-corrected chi connectivity index (χ1v) is 10.5. The lowest BCUT2D eigenvalue weighted by atomic mass is 9.67. The number of imide groups is 1. The number of esters is 1. The Balaban J connectivity index is 1.31. The van der Waals surface area contributed by atoms with Gasteiger partial charge in [0, 0.05) is 6.07 Å². The summed E-state index contributed by atoms with van der Waals surface area (Å²) in [6, 6.07) is 4.50. The predicted molar refractivity (Wildman–Crippen MR) is 108 cm³/mol. The van der Waals surface area contributed by atoms with E-state index in [9.17, 15) is 14.4 Å². The highest BCUT2D eigenvalue weighted by Crippen LogP contribution is 2.43. The van der Waals surface area contributed by atoms with Crippen molar-refractivity contribution in [2.24, 2.45) is 11.3 Å². The van der Waals surface area contributed by atoms with Crippen LogP contribution in [-0.2, 0) is 20.9 Å². The van der Waals surface area contributed by atoms with Gasteiger partial charge in [-0.25, -0.2) is 4.79 Å². The van der Waals surface area contributed by atoms with E-state index in [4.69, 9.17) is 13.7 Å². The lowest BCUT2D eigenvalue weighted by Crippen LogP contribution is -2.50. The van der Waals surface area contributed by atoms with E-state index in [1.807, 2.05) is 0 Å². The van der Waals surface area contributed by atoms with Gasteiger partial charge in [-0.2, -0.15) is 0 Å². The maximum Gasteiger partial charge on any atom is 0.326 e. The van der Waals surface area contributed by atoms with Gasteiger partial charge in [0.2, 0.25) is 5.76 Å². The van der Waals surface area contributed by atoms with Crippen LogP contribution in [-0.4, -0.2) is 40.0 Å². The summed E-state index contributed by atoms with van der Waals surface area (Å²) in [7, 11) is 0. The fourth-order valence-corrected chi connectivity index (χ4v) is 4.38. The Morgan fingerprint density at radius 3 is 2.68 bits per heavy atom. The molecule has 1 saturated heterocycles. The molecule has 4 rings (SSSR count). The van der Waals surface area contributed by atoms with Crippen molar-refractivity contribution in [1.82, 2.24) is 15.4 Å². The number of nitrogens with zero attached hydrogens (tertiary/aromatic N) is 2. The summed E-state index contributed by atoms with van der Waals surface area (Å²) in [5, 5.41) is 6.66. The zero-order chi connectivity index (χ0) is 22.2. The minimum Gasteiger partial charge on any atom is -0.461 e. The fraction of sp³-hybridized carbons (Fsp3) is 0.545. The molecule has 3 heterocycles. The number of nitrogens with one attached hydrogen (secondary N) is 1. The molecular formula is C22H27N3O6. The number of furan rings is 1. The molecule has 3 amide bonds. The van der Waals surface area contributed by atoms with Crippen LogP contribution in [0.5, 0.6) is 0 Å². The van der Waals surface area contributed by atoms with Crippen LogP contribution < -0.4 is 5.32 Å². The average molecular weight is 429 g/mol. The van der Waals surface area contributed by atoms with E-state index in [0.717, 1.165) is 17.7 Å². The topological polar surface area (TPSA) is 115 Å². The molecule has 1 N–H and O–H groups in total. The molecule has 0 unspecified atom stereocenters. The Morgan fingerprint density at radius 2 is 2.03 bits per heavy atom. The Morgan fingerprint density at radius 1 is 1.29 bits per heavy atom. The number of carbonyl (C=O) groups excluding carboxylic acids is 3. The van der Waals surface area contributed by atoms with Gasteiger partial charge >= 0.3 is 12.0 Å². The smallest absolute Gasteiger partial charge is 0.326 e. The zero-order valence-corrected chi connectivity index (χ0v) is 18.0. The van der Waals surface area contributed by atoms with Gasteiger partial charge in [-0.05, 0) is 49.1 Å². The van der Waals surface area contributed by atoms with Crippen LogP contribution in [0.1, 0.15) is 52.1 Å². The molecule has 2 fully saturated rings. The Bertz CT molecular complexity index is 964. The Labute approximate surface area is 180 Å². The van der Waals surface area contributed by atoms with Gasteiger partial charge in [0.15, 0.2) is 5.76 Å². The van der Waals surface area contributed by atoms with Crippen molar-refractivity contribution in [2.75, 3.05) is 6.54 Å². The molecule has 166 valence electrons. The molecule has 1 aliphatic carbocycles. The van der Waals surface area contributed by atoms with Crippen LogP contribution in [0.3, 0.4) is 0 Å². The van der Waals surface area contributed by atoms with Crippen molar-refractivity contribution < 1.29 is 28.1 Å². The number of hydrogen-bond acceptors (Lipinski definition) is 7. The van der Waals surface area contributed by atoms with Gasteiger partial charge in [-0.1, -0.05) is 25.9 Å². The molecule has 0 bridgehead atoms. The fourth-order valence-electron chi connectivity index (χ4n) is 4.38. The molecule has 9 heteroatoms. The van der Waals surface area contributed by atoms with Crippen molar-refractivity contribution in [3.05, 3.63) is 30.2 Å². The summed E-state index contributed by atoms with van der Waals surface area (Å²) in [5.41, 5.74) is -0.341. The highest BCUT2D eigenvalue weighted by Gasteiger charge is 2.53. The highest BCUT2D eigenvalue weighted by molar-refractivity contribution is 6.08. The third-order valence-corrected chi connectivity index (χ3v) is 6.30. The van der Waals surface area contributed by atoms with Gasteiger partial charge in [-0.15, -0.1) is 0 Å². The Hall–Kier alpha value is -3.10. The molecule has 0 radical (unpaired) electrons. The normalized spacial score (nSPS) is 24.0. The molecule has 31 heavy (non-hydrogen) atoms. The number of hydrogen-bond donors (Lipinski definition) is 1. The lowest BCUT2D eigenvalue weighted by Gasteiger charge is -2.40. The van der Waals surface area contributed by atoms with Gasteiger partial charge < -0.3 is 19.0 Å². The lowest BCUT2D eigenvalue weighted by molar-refractivity contribution is -0.149. The highest BCUT2D eigenvalue weighted by atomic mass is 16.5. The van der Waals surface area contributed by atoms with Gasteiger partial charge in [0.1, 0.15) is 24.4 Å². The summed E-state index contributed by atoms with van der Waals surface area (Å²) >= 11 is 0. The molecular weight excluding hydrogens is 402 g/mol. The van der Waals surface area contributed by atoms with Crippen molar-refractivity contribution in [3.8, 4) is 11.5 Å². The summed E-state index contributed by atoms with van der Waals surface area (Å²) < 4.78 is 15.6. The third kappa shape index (κ3) is 4.22. The second-order valence-corrected chi connectivity index (χ2v) is 9.36. The molecule has 1 spiro atoms. The van der Waals surface area contributed by atoms with E-state index in [-0.39, 0.29) is 17.9 Å². The van der Waals surface area contributed by atoms with Crippen LogP contribution in [0, 0.1) is 11.3 Å². The predicted octanol–water partition coefficient (Wildman–Crippen LogP) is 3.50. The summed E-state index contributed by atoms with van der Waals surface area (Å²) in [5.74, 6) is 0.388. The quantitative estimate of drug-likeness (QED) is 0.571. The average Bonchev–Trinajstić information content (AvgIpc) is 3.44. The second kappa shape index (κ2) is 7.86. The first kappa shape index (κ1) is 21.1. The molecule has 2 aromatic heterocycles. The van der Waals surface area contributed by atoms with E-state index in [0.29, 0.717) is 36.0 Å². The standard InChI is InChI=1S/C22H27N3O6/c1-21(2,3)14-6-8-22(9-7-14)19(27)25(20(28)23-22)12-18(26)30-13-15-11-17(31-24-15)16-5-4-10-29-16/h4-5,10-11,14H,6-9,12-13H2,1-3H3,(H,23,28). The van der Waals surface area contributed by atoms with Crippen LogP contribution in [0.25, 0.3) is 11.5 Å². The number of aromatic nitrogens is 1. The zero-order valence-electron chi connectivity index (χ0n) is 18.0.